The summed E-state index contributed by atoms with van der Waals surface area (Å²) < 4.78 is 0. The molecule has 0 unspecified atom stereocenters. The van der Waals surface area contributed by atoms with Gasteiger partial charge >= 0.3 is 20.4 Å². The first-order valence-corrected chi connectivity index (χ1v) is 9.74. The molecule has 0 amide bonds. The monoisotopic (exact) mass is 630 g/mol. The van der Waals surface area contributed by atoms with Crippen molar-refractivity contribution in [3.8, 4) is 0 Å². The Kier molecular flexibility index (Phi) is 22.2. The Balaban J connectivity index is -0.000000461. The molecule has 0 radical (unpaired) electrons. The minimum Gasteiger partial charge on any atom is -0.307 e. The second kappa shape index (κ2) is 19.4. The third kappa shape index (κ3) is 18.1. The molecule has 0 N–H and O–H groups in total. The summed E-state index contributed by atoms with van der Waals surface area (Å²) >= 11 is 0. The van der Waals surface area contributed by atoms with Gasteiger partial charge in [0.1, 0.15) is 0 Å². The van der Waals surface area contributed by atoms with Crippen molar-refractivity contribution in [2.45, 2.75) is 26.2 Å². The molecule has 7 heteroatoms. The number of halogens is 1. The summed E-state index contributed by atoms with van der Waals surface area (Å²) in [6.45, 7) is 3.84. The van der Waals surface area contributed by atoms with Gasteiger partial charge < -0.3 is 19.6 Å². The molecule has 4 nitrogen and oxygen atoms in total. The molecule has 0 spiro atoms. The molecule has 182 valence electrons. The number of hydrogen-bond acceptors (Lipinski definition) is 4. The quantitative estimate of drug-likeness (QED) is 0.326. The van der Waals surface area contributed by atoms with Gasteiger partial charge in [0, 0.05) is 46.6 Å². The Morgan fingerprint density at radius 1 is 0.516 bits per heavy atom. The van der Waals surface area contributed by atoms with Gasteiger partial charge in [0.15, 0.2) is 0 Å². The van der Waals surface area contributed by atoms with E-state index in [0.717, 1.165) is 26.2 Å². The van der Waals surface area contributed by atoms with Crippen LogP contribution in [-0.4, -0.2) is 76.0 Å². The Labute approximate surface area is 225 Å². The first-order valence-electron chi connectivity index (χ1n) is 9.74. The van der Waals surface area contributed by atoms with Gasteiger partial charge in [-0.05, 0) is 56.4 Å². The molecule has 31 heavy (non-hydrogen) atoms. The topological polar surface area (TPSA) is 13.0 Å². The first kappa shape index (κ1) is 35.5. The van der Waals surface area contributed by atoms with Crippen LogP contribution in [0.5, 0.6) is 0 Å². The fourth-order valence-corrected chi connectivity index (χ4v) is 2.87. The second-order valence-electron chi connectivity index (χ2n) is 8.35. The van der Waals surface area contributed by atoms with Crippen LogP contribution in [0.2, 0.25) is 0 Å². The summed E-state index contributed by atoms with van der Waals surface area (Å²) in [6.07, 6.45) is 0. The summed E-state index contributed by atoms with van der Waals surface area (Å²) in [7, 11) is 16.6. The maximum Gasteiger partial charge on any atom is 2.00 e. The minimum atomic E-state index is 0. The van der Waals surface area contributed by atoms with Gasteiger partial charge in [-0.25, -0.2) is 0 Å². The van der Waals surface area contributed by atoms with E-state index in [1.54, 1.807) is 0 Å². The average molecular weight is 632 g/mol. The maximum atomic E-state index is 3.42. The number of nitrogens with zero attached hydrogens (tertiary/aromatic N) is 4. The van der Waals surface area contributed by atoms with E-state index in [2.05, 4.69) is 125 Å². The molecule has 0 bridgehead atoms. The van der Waals surface area contributed by atoms with E-state index >= 15 is 0 Å². The van der Waals surface area contributed by atoms with Crippen molar-refractivity contribution in [1.29, 1.82) is 0 Å². The largest absolute Gasteiger partial charge is 2.00 e. The molecule has 2 aromatic carbocycles. The van der Waals surface area contributed by atoms with Crippen LogP contribution >= 0.6 is 12.4 Å². The van der Waals surface area contributed by atoms with Crippen LogP contribution in [0.1, 0.15) is 22.3 Å². The standard InChI is InChI=1S/2C12H19N2.ClH.2Pd/c2*1-13(2)9-11-6-5-7-12(8-11)10-14(3)4;;;/h2*5-7H,9-10H2,1-4H3;1H;;/q2*-1;;;+2. The van der Waals surface area contributed by atoms with Crippen LogP contribution in [0.25, 0.3) is 0 Å². The third-order valence-corrected chi connectivity index (χ3v) is 3.78. The fourth-order valence-electron chi connectivity index (χ4n) is 2.87. The number of hydrogen-bond donors (Lipinski definition) is 0. The molecule has 0 aliphatic carbocycles. The van der Waals surface area contributed by atoms with Crippen LogP contribution in [0.4, 0.5) is 0 Å². The molecule has 0 aliphatic rings. The van der Waals surface area contributed by atoms with E-state index in [1.165, 1.54) is 22.3 Å². The van der Waals surface area contributed by atoms with Crippen LogP contribution < -0.4 is 0 Å². The molecule has 0 fully saturated rings. The van der Waals surface area contributed by atoms with E-state index in [9.17, 15) is 0 Å². The Bertz CT molecular complexity index is 585. The zero-order chi connectivity index (χ0) is 21.1. The van der Waals surface area contributed by atoms with Gasteiger partial charge in [-0.1, -0.05) is 0 Å². The first-order chi connectivity index (χ1) is 13.2. The predicted molar refractivity (Wildman–Crippen MR) is 127 cm³/mol. The maximum absolute atomic E-state index is 3.42. The van der Waals surface area contributed by atoms with Gasteiger partial charge in [-0.2, -0.15) is 48.5 Å². The van der Waals surface area contributed by atoms with Crippen molar-refractivity contribution in [3.63, 3.8) is 0 Å². The minimum absolute atomic E-state index is 0. The number of benzene rings is 2. The molecule has 0 aromatic heterocycles. The van der Waals surface area contributed by atoms with Crippen molar-refractivity contribution in [2.75, 3.05) is 56.4 Å². The van der Waals surface area contributed by atoms with Crippen LogP contribution in [0.15, 0.2) is 36.4 Å². The van der Waals surface area contributed by atoms with Crippen LogP contribution in [-0.2, 0) is 67.0 Å². The fraction of sp³-hybridized carbons (Fsp3) is 0.500. The van der Waals surface area contributed by atoms with Gasteiger partial charge in [0.2, 0.25) is 0 Å². The van der Waals surface area contributed by atoms with Crippen molar-refractivity contribution >= 4 is 12.4 Å². The van der Waals surface area contributed by atoms with Crippen molar-refractivity contribution in [3.05, 3.63) is 70.8 Å². The summed E-state index contributed by atoms with van der Waals surface area (Å²) in [6, 6.07) is 19.6. The van der Waals surface area contributed by atoms with Gasteiger partial charge in [0.25, 0.3) is 0 Å². The zero-order valence-corrected chi connectivity index (χ0v) is 24.0. The summed E-state index contributed by atoms with van der Waals surface area (Å²) in [5.74, 6) is 0. The van der Waals surface area contributed by atoms with Gasteiger partial charge in [-0.3, -0.25) is 0 Å². The van der Waals surface area contributed by atoms with E-state index in [4.69, 9.17) is 0 Å². The predicted octanol–water partition coefficient (Wildman–Crippen LogP) is 3.64. The van der Waals surface area contributed by atoms with Crippen LogP contribution in [0, 0.1) is 12.1 Å². The molecule has 0 saturated carbocycles. The summed E-state index contributed by atoms with van der Waals surface area (Å²) in [5.41, 5.74) is 5.03. The third-order valence-electron chi connectivity index (χ3n) is 3.78. The Hall–Kier alpha value is -0.105. The van der Waals surface area contributed by atoms with Crippen molar-refractivity contribution in [2.24, 2.45) is 0 Å². The molecule has 2 aromatic rings. The smallest absolute Gasteiger partial charge is 0.307 e. The number of rotatable bonds is 8. The van der Waals surface area contributed by atoms with Gasteiger partial charge in [0.05, 0.1) is 0 Å². The normalized spacial score (nSPS) is 10.2. The summed E-state index contributed by atoms with van der Waals surface area (Å²) in [5, 5.41) is 0. The molecule has 0 saturated heterocycles. The zero-order valence-electron chi connectivity index (χ0n) is 20.1. The van der Waals surface area contributed by atoms with Crippen molar-refractivity contribution in [1.82, 2.24) is 19.6 Å². The van der Waals surface area contributed by atoms with Crippen LogP contribution in [0.3, 0.4) is 0 Å². The van der Waals surface area contributed by atoms with E-state index in [0.29, 0.717) is 0 Å². The van der Waals surface area contributed by atoms with E-state index in [1.807, 2.05) is 0 Å². The molecule has 2 rings (SSSR count). The van der Waals surface area contributed by atoms with E-state index in [-0.39, 0.29) is 53.3 Å². The average Bonchev–Trinajstić information content (AvgIpc) is 2.53. The molecule has 0 atom stereocenters. The van der Waals surface area contributed by atoms with Crippen molar-refractivity contribution < 1.29 is 40.8 Å². The summed E-state index contributed by atoms with van der Waals surface area (Å²) in [4.78, 5) is 8.63. The van der Waals surface area contributed by atoms with Gasteiger partial charge in [-0.15, -0.1) is 34.7 Å². The SMILES string of the molecule is CN(C)Cc1[c-]c(CN(C)C)ccc1.CN(C)Cc1[c-]c(CN(C)C)ccc1.Cl.[Pd+2].[Pd]. The Morgan fingerprint density at radius 2 is 0.710 bits per heavy atom. The molecule has 0 heterocycles. The molecule has 0 aliphatic heterocycles. The second-order valence-corrected chi connectivity index (χ2v) is 8.35. The molecular weight excluding hydrogens is 593 g/mol. The van der Waals surface area contributed by atoms with E-state index < -0.39 is 0 Å². The Morgan fingerprint density at radius 3 is 0.871 bits per heavy atom. The molecular formula is C24H39ClN4Pd2.